The van der Waals surface area contributed by atoms with Crippen LogP contribution in [0.4, 0.5) is 0 Å². The SMILES string of the molecule is C1=C(CCc2ccccc2)C1.C1=C(CNCC2=CC2)C1.CCCN(CCC)CC1=CC1. The third-order valence-corrected chi connectivity index (χ3v) is 5.76. The van der Waals surface area contributed by atoms with Crippen LogP contribution in [0.5, 0.6) is 0 Å². The van der Waals surface area contributed by atoms with Gasteiger partial charge in [-0.3, -0.25) is 4.90 Å². The molecular formula is C29H42N2. The van der Waals surface area contributed by atoms with Gasteiger partial charge < -0.3 is 5.32 Å². The van der Waals surface area contributed by atoms with E-state index in [9.17, 15) is 0 Å². The fraction of sp³-hybridized carbons (Fsp3) is 0.517. The van der Waals surface area contributed by atoms with Crippen molar-refractivity contribution >= 4 is 0 Å². The van der Waals surface area contributed by atoms with Crippen molar-refractivity contribution in [3.63, 3.8) is 0 Å². The van der Waals surface area contributed by atoms with Crippen molar-refractivity contribution in [3.8, 4) is 0 Å². The second-order valence-corrected chi connectivity index (χ2v) is 9.13. The van der Waals surface area contributed by atoms with E-state index in [4.69, 9.17) is 0 Å². The molecule has 0 aromatic heterocycles. The zero-order valence-corrected chi connectivity index (χ0v) is 19.8. The Bertz CT molecular complexity index is 756. The highest BCUT2D eigenvalue weighted by molar-refractivity contribution is 5.26. The van der Waals surface area contributed by atoms with E-state index < -0.39 is 0 Å². The molecular weight excluding hydrogens is 376 g/mol. The fourth-order valence-corrected chi connectivity index (χ4v) is 3.43. The molecule has 4 aliphatic carbocycles. The normalized spacial score (nSPS) is 16.6. The minimum Gasteiger partial charge on any atom is -0.309 e. The van der Waals surface area contributed by atoms with Crippen molar-refractivity contribution < 1.29 is 0 Å². The van der Waals surface area contributed by atoms with Crippen LogP contribution in [-0.4, -0.2) is 37.6 Å². The van der Waals surface area contributed by atoms with Crippen LogP contribution in [0.15, 0.2) is 76.9 Å². The maximum Gasteiger partial charge on any atom is 0.0196 e. The summed E-state index contributed by atoms with van der Waals surface area (Å²) in [5.41, 5.74) is 7.90. The van der Waals surface area contributed by atoms with Crippen LogP contribution in [0, 0.1) is 0 Å². The molecule has 0 saturated carbocycles. The molecule has 0 radical (unpaired) electrons. The number of nitrogens with zero attached hydrogens (tertiary/aromatic N) is 1. The highest BCUT2D eigenvalue weighted by Crippen LogP contribution is 2.23. The molecule has 1 aromatic carbocycles. The summed E-state index contributed by atoms with van der Waals surface area (Å²) in [6.45, 7) is 10.5. The topological polar surface area (TPSA) is 15.3 Å². The van der Waals surface area contributed by atoms with E-state index in [-0.39, 0.29) is 0 Å². The van der Waals surface area contributed by atoms with Gasteiger partial charge in [-0.15, -0.1) is 0 Å². The minimum atomic E-state index is 1.12. The zero-order valence-electron chi connectivity index (χ0n) is 19.8. The van der Waals surface area contributed by atoms with Crippen molar-refractivity contribution in [1.29, 1.82) is 0 Å². The van der Waals surface area contributed by atoms with Gasteiger partial charge in [-0.1, -0.05) is 90.8 Å². The zero-order chi connectivity index (χ0) is 21.7. The third kappa shape index (κ3) is 12.5. The molecule has 2 heteroatoms. The summed E-state index contributed by atoms with van der Waals surface area (Å²) >= 11 is 0. The van der Waals surface area contributed by atoms with Crippen LogP contribution in [0.3, 0.4) is 0 Å². The molecule has 2 nitrogen and oxygen atoms in total. The Morgan fingerprint density at radius 2 is 1.19 bits per heavy atom. The van der Waals surface area contributed by atoms with Crippen molar-refractivity contribution in [1.82, 2.24) is 10.2 Å². The largest absolute Gasteiger partial charge is 0.309 e. The maximum absolute atomic E-state index is 3.37. The highest BCUT2D eigenvalue weighted by atomic mass is 15.1. The van der Waals surface area contributed by atoms with E-state index in [0.717, 1.165) is 13.1 Å². The van der Waals surface area contributed by atoms with E-state index in [1.807, 2.05) is 0 Å². The van der Waals surface area contributed by atoms with Gasteiger partial charge in [-0.2, -0.15) is 0 Å². The van der Waals surface area contributed by atoms with E-state index in [2.05, 4.69) is 78.7 Å². The van der Waals surface area contributed by atoms with Gasteiger partial charge in [0.1, 0.15) is 0 Å². The summed E-state index contributed by atoms with van der Waals surface area (Å²) in [4.78, 5) is 2.55. The van der Waals surface area contributed by atoms with E-state index in [0.29, 0.717) is 0 Å². The maximum atomic E-state index is 3.37. The van der Waals surface area contributed by atoms with Crippen molar-refractivity contribution in [2.24, 2.45) is 0 Å². The lowest BCUT2D eigenvalue weighted by Gasteiger charge is -2.19. The molecule has 168 valence electrons. The van der Waals surface area contributed by atoms with Gasteiger partial charge in [-0.05, 0) is 70.0 Å². The Balaban J connectivity index is 0.000000132. The summed E-state index contributed by atoms with van der Waals surface area (Å²) in [6.07, 6.45) is 19.3. The Labute approximate surface area is 190 Å². The molecule has 4 aliphatic rings. The molecule has 1 N–H and O–H groups in total. The van der Waals surface area contributed by atoms with Crippen LogP contribution in [0.2, 0.25) is 0 Å². The fourth-order valence-electron chi connectivity index (χ4n) is 3.43. The predicted octanol–water partition coefficient (Wildman–Crippen LogP) is 6.62. The monoisotopic (exact) mass is 418 g/mol. The standard InChI is InChI=1S/C11H12.C10H19N.C8H11N/c1-2-4-10(5-3-1)6-7-11-8-9-11;1-3-7-11(8-4-2)9-10-5-6-10;1-2-7(1)5-9-6-8-3-4-8/h1-5,8H,6-7,9H2;5H,3-4,6-9H2,1-2H3;1,3,9H,2,4-6H2. The van der Waals surface area contributed by atoms with E-state index in [1.54, 1.807) is 22.3 Å². The molecule has 0 amide bonds. The first-order valence-corrected chi connectivity index (χ1v) is 12.5. The van der Waals surface area contributed by atoms with Gasteiger partial charge in [0, 0.05) is 19.6 Å². The molecule has 0 aliphatic heterocycles. The molecule has 0 bridgehead atoms. The lowest BCUT2D eigenvalue weighted by atomic mass is 10.1. The molecule has 0 spiro atoms. The smallest absolute Gasteiger partial charge is 0.0196 e. The Morgan fingerprint density at radius 1 is 0.677 bits per heavy atom. The average molecular weight is 419 g/mol. The average Bonchev–Trinajstić information content (AvgIpc) is 3.62. The lowest BCUT2D eigenvalue weighted by Crippen LogP contribution is -2.26. The van der Waals surface area contributed by atoms with Crippen LogP contribution in [0.1, 0.15) is 64.4 Å². The molecule has 31 heavy (non-hydrogen) atoms. The summed E-state index contributed by atoms with van der Waals surface area (Å²) in [5, 5.41) is 3.37. The Kier molecular flexibility index (Phi) is 10.3. The molecule has 0 unspecified atom stereocenters. The summed E-state index contributed by atoms with van der Waals surface area (Å²) in [6, 6.07) is 10.7. The summed E-state index contributed by atoms with van der Waals surface area (Å²) in [5.74, 6) is 0. The number of hydrogen-bond acceptors (Lipinski definition) is 2. The summed E-state index contributed by atoms with van der Waals surface area (Å²) < 4.78 is 0. The molecule has 5 rings (SSSR count). The number of aryl methyl sites for hydroxylation is 1. The number of hydrogen-bond donors (Lipinski definition) is 1. The van der Waals surface area contributed by atoms with E-state index >= 15 is 0 Å². The van der Waals surface area contributed by atoms with Gasteiger partial charge in [0.2, 0.25) is 0 Å². The van der Waals surface area contributed by atoms with Crippen LogP contribution < -0.4 is 5.32 Å². The van der Waals surface area contributed by atoms with Gasteiger partial charge in [-0.25, -0.2) is 0 Å². The minimum absolute atomic E-state index is 1.12. The Morgan fingerprint density at radius 3 is 1.65 bits per heavy atom. The molecule has 0 fully saturated rings. The van der Waals surface area contributed by atoms with Gasteiger partial charge in [0.15, 0.2) is 0 Å². The Hall–Kier alpha value is -1.90. The van der Waals surface area contributed by atoms with Gasteiger partial charge >= 0.3 is 0 Å². The first kappa shape index (κ1) is 23.8. The first-order valence-electron chi connectivity index (χ1n) is 12.5. The van der Waals surface area contributed by atoms with Crippen molar-refractivity contribution in [2.45, 2.75) is 65.2 Å². The lowest BCUT2D eigenvalue weighted by molar-refractivity contribution is 0.299. The molecule has 0 saturated heterocycles. The predicted molar refractivity (Wildman–Crippen MR) is 135 cm³/mol. The number of benzene rings is 1. The number of nitrogens with one attached hydrogen (secondary N) is 1. The molecule has 0 heterocycles. The second kappa shape index (κ2) is 13.5. The quantitative estimate of drug-likeness (QED) is 0.362. The molecule has 1 aromatic rings. The van der Waals surface area contributed by atoms with Gasteiger partial charge in [0.05, 0.1) is 0 Å². The van der Waals surface area contributed by atoms with Crippen molar-refractivity contribution in [2.75, 3.05) is 32.7 Å². The third-order valence-electron chi connectivity index (χ3n) is 5.76. The van der Waals surface area contributed by atoms with Crippen LogP contribution in [-0.2, 0) is 6.42 Å². The summed E-state index contributed by atoms with van der Waals surface area (Å²) in [7, 11) is 0. The van der Waals surface area contributed by atoms with Crippen LogP contribution in [0.25, 0.3) is 0 Å². The first-order chi connectivity index (χ1) is 15.3. The van der Waals surface area contributed by atoms with Crippen LogP contribution >= 0.6 is 0 Å². The number of allylic oxidation sites excluding steroid dienone is 5. The molecule has 0 atom stereocenters. The van der Waals surface area contributed by atoms with Gasteiger partial charge in [0.25, 0.3) is 0 Å². The number of rotatable bonds is 13. The highest BCUT2D eigenvalue weighted by Gasteiger charge is 2.11. The van der Waals surface area contributed by atoms with Crippen molar-refractivity contribution in [3.05, 3.63) is 82.5 Å². The second-order valence-electron chi connectivity index (χ2n) is 9.13. The van der Waals surface area contributed by atoms with E-state index in [1.165, 1.54) is 76.6 Å².